The molecular formula is C21H22F3NO7S. The van der Waals surface area contributed by atoms with E-state index in [4.69, 9.17) is 9.47 Å². The van der Waals surface area contributed by atoms with Crippen LogP contribution in [0, 0.1) is 0 Å². The van der Waals surface area contributed by atoms with Crippen molar-refractivity contribution in [3.8, 4) is 5.75 Å². The second-order valence-corrected chi connectivity index (χ2v) is 9.26. The van der Waals surface area contributed by atoms with E-state index in [1.165, 1.54) is 0 Å². The molecule has 2 aromatic rings. The van der Waals surface area contributed by atoms with Gasteiger partial charge >= 0.3 is 27.7 Å². The molecular weight excluding hydrogens is 467 g/mol. The summed E-state index contributed by atoms with van der Waals surface area (Å²) in [5, 5.41) is 2.34. The van der Waals surface area contributed by atoms with Crippen molar-refractivity contribution in [2.24, 2.45) is 0 Å². The molecule has 0 bridgehead atoms. The molecule has 2 aromatic carbocycles. The van der Waals surface area contributed by atoms with Gasteiger partial charge in [-0.15, -0.1) is 0 Å². The molecule has 1 atom stereocenters. The third-order valence-electron chi connectivity index (χ3n) is 3.82. The molecule has 0 aliphatic carbocycles. The van der Waals surface area contributed by atoms with Crippen LogP contribution in [0.4, 0.5) is 18.0 Å². The van der Waals surface area contributed by atoms with Crippen molar-refractivity contribution >= 4 is 22.2 Å². The lowest BCUT2D eigenvalue weighted by atomic mass is 10.1. The first kappa shape index (κ1) is 26.0. The second kappa shape index (κ2) is 10.1. The third-order valence-corrected chi connectivity index (χ3v) is 4.80. The molecule has 0 saturated carbocycles. The zero-order chi connectivity index (χ0) is 24.9. The Bertz CT molecular complexity index is 1060. The highest BCUT2D eigenvalue weighted by Crippen LogP contribution is 2.28. The molecule has 12 heteroatoms. The van der Waals surface area contributed by atoms with Crippen LogP contribution in [0.25, 0.3) is 0 Å². The lowest BCUT2D eigenvalue weighted by Crippen LogP contribution is -2.38. The number of halogens is 3. The SMILES string of the molecule is CC(C)(C)OC(=O)N[C@H](C(=O)OCc1ccccc1)c1ccc(OS(=O)(=O)C(F)(F)F)cc1. The number of nitrogens with one attached hydrogen (secondary N) is 1. The van der Waals surface area contributed by atoms with Gasteiger partial charge in [-0.05, 0) is 44.0 Å². The van der Waals surface area contributed by atoms with E-state index in [-0.39, 0.29) is 12.2 Å². The van der Waals surface area contributed by atoms with E-state index >= 15 is 0 Å². The van der Waals surface area contributed by atoms with Gasteiger partial charge in [-0.3, -0.25) is 0 Å². The molecule has 0 aliphatic heterocycles. The molecule has 0 saturated heterocycles. The van der Waals surface area contributed by atoms with E-state index in [9.17, 15) is 31.2 Å². The van der Waals surface area contributed by atoms with Crippen LogP contribution in [-0.2, 0) is 31.0 Å². The minimum absolute atomic E-state index is 0.0932. The Morgan fingerprint density at radius 3 is 2.06 bits per heavy atom. The fourth-order valence-electron chi connectivity index (χ4n) is 2.41. The molecule has 180 valence electrons. The van der Waals surface area contributed by atoms with Gasteiger partial charge in [0.05, 0.1) is 0 Å². The van der Waals surface area contributed by atoms with E-state index in [0.29, 0.717) is 5.56 Å². The van der Waals surface area contributed by atoms with Crippen molar-refractivity contribution in [3.63, 3.8) is 0 Å². The highest BCUT2D eigenvalue weighted by Gasteiger charge is 2.48. The van der Waals surface area contributed by atoms with Crippen LogP contribution in [0.2, 0.25) is 0 Å². The number of rotatable bonds is 7. The lowest BCUT2D eigenvalue weighted by Gasteiger charge is -2.23. The van der Waals surface area contributed by atoms with Gasteiger partial charge in [0.1, 0.15) is 18.0 Å². The highest BCUT2D eigenvalue weighted by atomic mass is 32.2. The molecule has 0 heterocycles. The Kier molecular flexibility index (Phi) is 7.96. The van der Waals surface area contributed by atoms with Gasteiger partial charge < -0.3 is 19.0 Å². The number of esters is 1. The fourth-order valence-corrected chi connectivity index (χ4v) is 2.86. The number of ether oxygens (including phenoxy) is 2. The number of benzene rings is 2. The summed E-state index contributed by atoms with van der Waals surface area (Å²) in [7, 11) is -5.86. The van der Waals surface area contributed by atoms with Crippen molar-refractivity contribution in [2.75, 3.05) is 0 Å². The summed E-state index contributed by atoms with van der Waals surface area (Å²) >= 11 is 0. The first-order valence-electron chi connectivity index (χ1n) is 9.49. The van der Waals surface area contributed by atoms with Gasteiger partial charge in [0.2, 0.25) is 0 Å². The van der Waals surface area contributed by atoms with Gasteiger partial charge in [-0.25, -0.2) is 9.59 Å². The Labute approximate surface area is 188 Å². The molecule has 1 N–H and O–H groups in total. The molecule has 0 spiro atoms. The minimum Gasteiger partial charge on any atom is -0.459 e. The first-order valence-corrected chi connectivity index (χ1v) is 10.9. The van der Waals surface area contributed by atoms with E-state index in [2.05, 4.69) is 9.50 Å². The molecule has 1 amide bonds. The fraction of sp³-hybridized carbons (Fsp3) is 0.333. The van der Waals surface area contributed by atoms with Crippen molar-refractivity contribution in [1.82, 2.24) is 5.32 Å². The van der Waals surface area contributed by atoms with Gasteiger partial charge in [0.25, 0.3) is 0 Å². The van der Waals surface area contributed by atoms with Gasteiger partial charge in [-0.2, -0.15) is 21.6 Å². The number of carbonyl (C=O) groups is 2. The molecule has 33 heavy (non-hydrogen) atoms. The number of alkyl carbamates (subject to hydrolysis) is 1. The summed E-state index contributed by atoms with van der Waals surface area (Å²) in [6.07, 6.45) is -0.941. The lowest BCUT2D eigenvalue weighted by molar-refractivity contribution is -0.147. The van der Waals surface area contributed by atoms with E-state index in [1.807, 2.05) is 0 Å². The Morgan fingerprint density at radius 2 is 1.55 bits per heavy atom. The van der Waals surface area contributed by atoms with E-state index < -0.39 is 45.1 Å². The number of amides is 1. The van der Waals surface area contributed by atoms with Crippen LogP contribution in [-0.4, -0.2) is 31.6 Å². The van der Waals surface area contributed by atoms with Gasteiger partial charge in [-0.1, -0.05) is 42.5 Å². The van der Waals surface area contributed by atoms with Crippen molar-refractivity contribution in [1.29, 1.82) is 0 Å². The van der Waals surface area contributed by atoms with E-state index in [0.717, 1.165) is 24.3 Å². The average Bonchev–Trinajstić information content (AvgIpc) is 2.69. The van der Waals surface area contributed by atoms with Gasteiger partial charge in [0, 0.05) is 0 Å². The number of hydrogen-bond donors (Lipinski definition) is 1. The maximum Gasteiger partial charge on any atom is 0.534 e. The molecule has 0 aliphatic rings. The predicted octanol–water partition coefficient (Wildman–Crippen LogP) is 4.22. The van der Waals surface area contributed by atoms with Crippen molar-refractivity contribution < 1.29 is 44.8 Å². The van der Waals surface area contributed by atoms with Gasteiger partial charge in [0.15, 0.2) is 6.04 Å². The maximum atomic E-state index is 12.7. The van der Waals surface area contributed by atoms with Crippen molar-refractivity contribution in [2.45, 2.75) is 44.5 Å². The minimum atomic E-state index is -5.86. The van der Waals surface area contributed by atoms with Crippen LogP contribution >= 0.6 is 0 Å². The summed E-state index contributed by atoms with van der Waals surface area (Å²) in [5.74, 6) is -1.51. The zero-order valence-corrected chi connectivity index (χ0v) is 18.7. The molecule has 0 aromatic heterocycles. The summed E-state index contributed by atoms with van der Waals surface area (Å²) in [6, 6.07) is 11.4. The number of hydrogen-bond acceptors (Lipinski definition) is 7. The molecule has 0 fully saturated rings. The molecule has 8 nitrogen and oxygen atoms in total. The Balaban J connectivity index is 2.22. The third kappa shape index (κ3) is 7.97. The van der Waals surface area contributed by atoms with Crippen LogP contribution in [0.1, 0.15) is 37.9 Å². The molecule has 2 rings (SSSR count). The first-order chi connectivity index (χ1) is 15.2. The quantitative estimate of drug-likeness (QED) is 0.352. The topological polar surface area (TPSA) is 108 Å². The average molecular weight is 489 g/mol. The normalized spacial score (nSPS) is 13.0. The van der Waals surface area contributed by atoms with Crippen LogP contribution in [0.3, 0.4) is 0 Å². The number of carbonyl (C=O) groups excluding carboxylic acids is 2. The second-order valence-electron chi connectivity index (χ2n) is 7.72. The maximum absolute atomic E-state index is 12.7. The van der Waals surface area contributed by atoms with Crippen LogP contribution in [0.15, 0.2) is 54.6 Å². The number of alkyl halides is 3. The van der Waals surface area contributed by atoms with Crippen LogP contribution in [0.5, 0.6) is 5.75 Å². The van der Waals surface area contributed by atoms with Crippen molar-refractivity contribution in [3.05, 3.63) is 65.7 Å². The summed E-state index contributed by atoms with van der Waals surface area (Å²) < 4.78 is 74.2. The Morgan fingerprint density at radius 1 is 0.970 bits per heavy atom. The molecule has 0 unspecified atom stereocenters. The highest BCUT2D eigenvalue weighted by molar-refractivity contribution is 7.88. The van der Waals surface area contributed by atoms with E-state index in [1.54, 1.807) is 51.1 Å². The Hall–Kier alpha value is -3.28. The summed E-state index contributed by atoms with van der Waals surface area (Å²) in [6.45, 7) is 4.74. The predicted molar refractivity (Wildman–Crippen MR) is 110 cm³/mol. The smallest absolute Gasteiger partial charge is 0.459 e. The largest absolute Gasteiger partial charge is 0.534 e. The molecule has 0 radical (unpaired) electrons. The van der Waals surface area contributed by atoms with Crippen LogP contribution < -0.4 is 9.50 Å². The monoisotopic (exact) mass is 489 g/mol. The summed E-state index contributed by atoms with van der Waals surface area (Å²) in [5.41, 5.74) is -5.70. The summed E-state index contributed by atoms with van der Waals surface area (Å²) in [4.78, 5) is 24.9. The standard InChI is InChI=1S/C21H22F3NO7S/c1-20(2,3)31-19(27)25-17(18(26)30-13-14-7-5-4-6-8-14)15-9-11-16(12-10-15)32-33(28,29)21(22,23)24/h4-12,17H,13H2,1-3H3,(H,25,27)/t17-/m0/s1. The zero-order valence-electron chi connectivity index (χ0n) is 17.9.